The van der Waals surface area contributed by atoms with Crippen molar-refractivity contribution in [2.24, 2.45) is 0 Å². The maximum atomic E-state index is 10.4. The minimum atomic E-state index is -4.27. The minimum absolute atomic E-state index is 0. The van der Waals surface area contributed by atoms with Crippen LogP contribution in [0.3, 0.4) is 0 Å². The van der Waals surface area contributed by atoms with Gasteiger partial charge in [-0.3, -0.25) is 0 Å². The van der Waals surface area contributed by atoms with Gasteiger partial charge >= 0.3 is 29.6 Å². The van der Waals surface area contributed by atoms with Gasteiger partial charge in [0.15, 0.2) is 0 Å². The molecule has 0 aromatic heterocycles. The van der Waals surface area contributed by atoms with Crippen molar-refractivity contribution in [3.8, 4) is 0 Å². The Morgan fingerprint density at radius 2 is 2.08 bits per heavy atom. The first-order valence-electron chi connectivity index (χ1n) is 3.18. The molecule has 4 nitrogen and oxygen atoms in total. The van der Waals surface area contributed by atoms with Crippen molar-refractivity contribution in [1.29, 1.82) is 0 Å². The molecule has 0 heterocycles. The van der Waals surface area contributed by atoms with E-state index in [4.69, 9.17) is 5.11 Å². The summed E-state index contributed by atoms with van der Waals surface area (Å²) in [6, 6.07) is 0. The molecule has 6 heteroatoms. The van der Waals surface area contributed by atoms with Gasteiger partial charge in [0.25, 0.3) is 0 Å². The predicted molar refractivity (Wildman–Crippen MR) is 40.0 cm³/mol. The van der Waals surface area contributed by atoms with Crippen LogP contribution in [0.1, 0.15) is 12.8 Å². The molecule has 0 fully saturated rings. The maximum absolute atomic E-state index is 10.4. The van der Waals surface area contributed by atoms with Crippen molar-refractivity contribution in [2.45, 2.75) is 18.1 Å². The molecule has 1 atom stereocenters. The van der Waals surface area contributed by atoms with E-state index in [2.05, 4.69) is 6.58 Å². The van der Waals surface area contributed by atoms with Crippen LogP contribution in [0.5, 0.6) is 0 Å². The number of rotatable bonds is 5. The quantitative estimate of drug-likeness (QED) is 0.290. The Bertz CT molecular complexity index is 212. The number of allylic oxidation sites excluding steroid dienone is 1. The molecule has 0 saturated heterocycles. The number of aliphatic hydroxyl groups excluding tert-OH is 1. The molecule has 0 bridgehead atoms. The zero-order valence-electron chi connectivity index (χ0n) is 7.06. The average molecular weight is 202 g/mol. The van der Waals surface area contributed by atoms with Crippen LogP contribution in [0.15, 0.2) is 12.7 Å². The van der Waals surface area contributed by atoms with Crippen molar-refractivity contribution in [2.75, 3.05) is 6.61 Å². The second kappa shape index (κ2) is 7.06. The summed E-state index contributed by atoms with van der Waals surface area (Å²) in [5.41, 5.74) is 0. The third-order valence-corrected chi connectivity index (χ3v) is 2.53. The molecule has 0 amide bonds. The first kappa shape index (κ1) is 15.1. The zero-order valence-corrected chi connectivity index (χ0v) is 9.88. The Morgan fingerprint density at radius 1 is 1.58 bits per heavy atom. The summed E-state index contributed by atoms with van der Waals surface area (Å²) in [5, 5.41) is 7.37. The van der Waals surface area contributed by atoms with Crippen molar-refractivity contribution in [3.63, 3.8) is 0 Å². The Hall–Kier alpha value is 0.610. The van der Waals surface area contributed by atoms with Crippen LogP contribution < -0.4 is 29.6 Å². The fourth-order valence-electron chi connectivity index (χ4n) is 0.710. The standard InChI is InChI=1S/C6H12O4S.Na/c1-2-3-6(4-5-7)11(8,9)10;/h2,6-7H,1,3-5H2,(H,8,9,10);/q;+1/p-1. The zero-order chi connectivity index (χ0) is 8.91. The Kier molecular flexibility index (Phi) is 8.88. The summed E-state index contributed by atoms with van der Waals surface area (Å²) in [5.74, 6) is 0. The van der Waals surface area contributed by atoms with Gasteiger partial charge in [0.1, 0.15) is 0 Å². The van der Waals surface area contributed by atoms with Gasteiger partial charge in [-0.15, -0.1) is 6.58 Å². The van der Waals surface area contributed by atoms with Crippen molar-refractivity contribution in [3.05, 3.63) is 12.7 Å². The normalized spacial score (nSPS) is 13.2. The van der Waals surface area contributed by atoms with Gasteiger partial charge in [0, 0.05) is 6.61 Å². The molecule has 0 aromatic rings. The number of aliphatic hydroxyl groups is 1. The third kappa shape index (κ3) is 6.16. The van der Waals surface area contributed by atoms with Gasteiger partial charge < -0.3 is 9.66 Å². The molecule has 1 N–H and O–H groups in total. The summed E-state index contributed by atoms with van der Waals surface area (Å²) in [6.45, 7) is 3.02. The van der Waals surface area contributed by atoms with Crippen LogP contribution in [-0.2, 0) is 10.1 Å². The monoisotopic (exact) mass is 202 g/mol. The molecule has 0 aromatic carbocycles. The van der Waals surface area contributed by atoms with E-state index in [1.165, 1.54) is 6.08 Å². The van der Waals surface area contributed by atoms with Crippen LogP contribution in [0, 0.1) is 0 Å². The fraction of sp³-hybridized carbons (Fsp3) is 0.667. The first-order chi connectivity index (χ1) is 5.02. The second-order valence-electron chi connectivity index (χ2n) is 2.15. The molecule has 0 aliphatic carbocycles. The van der Waals surface area contributed by atoms with E-state index in [0.717, 1.165) is 0 Å². The minimum Gasteiger partial charge on any atom is -0.748 e. The van der Waals surface area contributed by atoms with Crippen LogP contribution >= 0.6 is 0 Å². The second-order valence-corrected chi connectivity index (χ2v) is 3.80. The van der Waals surface area contributed by atoms with E-state index < -0.39 is 15.4 Å². The van der Waals surface area contributed by atoms with Crippen LogP contribution in [0.4, 0.5) is 0 Å². The van der Waals surface area contributed by atoms with E-state index in [1.54, 1.807) is 0 Å². The Balaban J connectivity index is 0. The molecule has 0 aliphatic rings. The van der Waals surface area contributed by atoms with E-state index >= 15 is 0 Å². The van der Waals surface area contributed by atoms with Crippen molar-refractivity contribution >= 4 is 10.1 Å². The van der Waals surface area contributed by atoms with E-state index in [9.17, 15) is 13.0 Å². The topological polar surface area (TPSA) is 77.4 Å². The van der Waals surface area contributed by atoms with Crippen LogP contribution in [0.2, 0.25) is 0 Å². The SMILES string of the molecule is C=CCC(CCO)S(=O)(=O)[O-].[Na+]. The average Bonchev–Trinajstić information content (AvgIpc) is 1.85. The van der Waals surface area contributed by atoms with Gasteiger partial charge in [-0.05, 0) is 12.8 Å². The first-order valence-corrected chi connectivity index (χ1v) is 4.66. The third-order valence-electron chi connectivity index (χ3n) is 1.29. The van der Waals surface area contributed by atoms with Gasteiger partial charge in [-0.2, -0.15) is 0 Å². The maximum Gasteiger partial charge on any atom is 1.00 e. The number of hydrogen-bond donors (Lipinski definition) is 1. The van der Waals surface area contributed by atoms with E-state index in [-0.39, 0.29) is 49.0 Å². The summed E-state index contributed by atoms with van der Waals surface area (Å²) in [4.78, 5) is 0. The molecule has 0 rings (SSSR count). The molecule has 66 valence electrons. The van der Waals surface area contributed by atoms with Gasteiger partial charge in [0.05, 0.1) is 15.4 Å². The smallest absolute Gasteiger partial charge is 0.748 e. The molecule has 0 radical (unpaired) electrons. The molecule has 0 saturated carbocycles. The van der Waals surface area contributed by atoms with Crippen LogP contribution in [0.25, 0.3) is 0 Å². The summed E-state index contributed by atoms with van der Waals surface area (Å²) in [6.07, 6.45) is 1.44. The molecular weight excluding hydrogens is 191 g/mol. The van der Waals surface area contributed by atoms with Crippen molar-refractivity contribution < 1.29 is 47.6 Å². The van der Waals surface area contributed by atoms with Crippen molar-refractivity contribution in [1.82, 2.24) is 0 Å². The largest absolute Gasteiger partial charge is 1.00 e. The fourth-order valence-corrected chi connectivity index (χ4v) is 1.48. The summed E-state index contributed by atoms with van der Waals surface area (Å²) < 4.78 is 31.2. The molecule has 0 aliphatic heterocycles. The number of hydrogen-bond acceptors (Lipinski definition) is 4. The van der Waals surface area contributed by atoms with Gasteiger partial charge in [-0.25, -0.2) is 8.42 Å². The Labute approximate surface area is 94.7 Å². The van der Waals surface area contributed by atoms with E-state index in [1.807, 2.05) is 0 Å². The summed E-state index contributed by atoms with van der Waals surface area (Å²) >= 11 is 0. The van der Waals surface area contributed by atoms with Crippen LogP contribution in [-0.4, -0.2) is 29.9 Å². The van der Waals surface area contributed by atoms with Gasteiger partial charge in [0.2, 0.25) is 0 Å². The molecule has 12 heavy (non-hydrogen) atoms. The predicted octanol–water partition coefficient (Wildman–Crippen LogP) is -3.14. The molecule has 1 unspecified atom stereocenters. The molecule has 0 spiro atoms. The van der Waals surface area contributed by atoms with Gasteiger partial charge in [-0.1, -0.05) is 6.08 Å². The molecular formula is C6H11NaO4S. The summed E-state index contributed by atoms with van der Waals surface area (Å²) in [7, 11) is -4.27. The Morgan fingerprint density at radius 3 is 2.33 bits per heavy atom. The van der Waals surface area contributed by atoms with E-state index in [0.29, 0.717) is 0 Å².